The zero-order valence-electron chi connectivity index (χ0n) is 7.19. The number of amides is 1. The molecule has 68 valence electrons. The Morgan fingerprint density at radius 1 is 1.46 bits per heavy atom. The summed E-state index contributed by atoms with van der Waals surface area (Å²) in [5.74, 6) is 0.489. The van der Waals surface area contributed by atoms with Crippen LogP contribution in [0.3, 0.4) is 0 Å². The Kier molecular flexibility index (Phi) is 3.57. The lowest BCUT2D eigenvalue weighted by Gasteiger charge is -2.05. The van der Waals surface area contributed by atoms with Crippen molar-refractivity contribution >= 4 is 5.91 Å². The highest BCUT2D eigenvalue weighted by Crippen LogP contribution is 2.06. The molecule has 13 heavy (non-hydrogen) atoms. The predicted molar refractivity (Wildman–Crippen MR) is 50.3 cm³/mol. The van der Waals surface area contributed by atoms with Gasteiger partial charge in [0.15, 0.2) is 6.73 Å². The molecular formula is C10H11NO2. The number of nitrogens with one attached hydrogen (secondary N) is 1. The van der Waals surface area contributed by atoms with E-state index in [0.717, 1.165) is 5.75 Å². The number of ether oxygens (including phenoxy) is 1. The summed E-state index contributed by atoms with van der Waals surface area (Å²) in [7, 11) is 0. The van der Waals surface area contributed by atoms with Gasteiger partial charge in [-0.05, 0) is 18.2 Å². The van der Waals surface area contributed by atoms with Crippen LogP contribution in [-0.4, -0.2) is 12.6 Å². The van der Waals surface area contributed by atoms with E-state index in [-0.39, 0.29) is 12.6 Å². The largest absolute Gasteiger partial charge is 0.473 e. The van der Waals surface area contributed by atoms with E-state index in [9.17, 15) is 4.79 Å². The third kappa shape index (κ3) is 3.42. The molecule has 0 aliphatic heterocycles. The zero-order chi connectivity index (χ0) is 9.52. The molecule has 0 aliphatic carbocycles. The van der Waals surface area contributed by atoms with Crippen molar-refractivity contribution in [1.82, 2.24) is 5.32 Å². The van der Waals surface area contributed by atoms with Gasteiger partial charge in [0.2, 0.25) is 5.91 Å². The standard InChI is InChI=1S/C10H11NO2/c1-2-10(12)11-8-13-9-6-4-3-5-7-9/h2-7H,1,8H2,(H,11,12). The number of para-hydroxylation sites is 1. The second kappa shape index (κ2) is 4.98. The molecule has 0 radical (unpaired) electrons. The van der Waals surface area contributed by atoms with Crippen molar-refractivity contribution in [2.24, 2.45) is 0 Å². The van der Waals surface area contributed by atoms with E-state index >= 15 is 0 Å². The Bertz CT molecular complexity index is 282. The van der Waals surface area contributed by atoms with Crippen LogP contribution >= 0.6 is 0 Å². The maximum Gasteiger partial charge on any atom is 0.245 e. The van der Waals surface area contributed by atoms with Crippen LogP contribution in [0.2, 0.25) is 0 Å². The summed E-state index contributed by atoms with van der Waals surface area (Å²) < 4.78 is 5.20. The molecule has 0 fully saturated rings. The van der Waals surface area contributed by atoms with Gasteiger partial charge in [-0.2, -0.15) is 0 Å². The fourth-order valence-electron chi connectivity index (χ4n) is 0.779. The van der Waals surface area contributed by atoms with Gasteiger partial charge in [0, 0.05) is 0 Å². The SMILES string of the molecule is C=CC(=O)NCOc1ccccc1. The van der Waals surface area contributed by atoms with Crippen molar-refractivity contribution in [1.29, 1.82) is 0 Å². The van der Waals surface area contributed by atoms with E-state index in [1.165, 1.54) is 6.08 Å². The topological polar surface area (TPSA) is 38.3 Å². The van der Waals surface area contributed by atoms with Crippen LogP contribution in [0, 0.1) is 0 Å². The van der Waals surface area contributed by atoms with Gasteiger partial charge in [0.25, 0.3) is 0 Å². The van der Waals surface area contributed by atoms with Gasteiger partial charge in [0.05, 0.1) is 0 Å². The van der Waals surface area contributed by atoms with E-state index in [2.05, 4.69) is 11.9 Å². The third-order valence-electron chi connectivity index (χ3n) is 1.41. The highest BCUT2D eigenvalue weighted by Gasteiger charge is 1.93. The van der Waals surface area contributed by atoms with Gasteiger partial charge in [-0.15, -0.1) is 0 Å². The summed E-state index contributed by atoms with van der Waals surface area (Å²) in [4.78, 5) is 10.7. The van der Waals surface area contributed by atoms with Crippen LogP contribution in [0.1, 0.15) is 0 Å². The van der Waals surface area contributed by atoms with Crippen LogP contribution in [-0.2, 0) is 4.79 Å². The third-order valence-corrected chi connectivity index (χ3v) is 1.41. The molecular weight excluding hydrogens is 166 g/mol. The number of hydrogen-bond acceptors (Lipinski definition) is 2. The lowest BCUT2D eigenvalue weighted by atomic mass is 10.3. The van der Waals surface area contributed by atoms with Crippen molar-refractivity contribution in [2.45, 2.75) is 0 Å². The van der Waals surface area contributed by atoms with Crippen molar-refractivity contribution in [3.63, 3.8) is 0 Å². The molecule has 0 heterocycles. The second-order valence-corrected chi connectivity index (χ2v) is 2.35. The van der Waals surface area contributed by atoms with E-state index in [1.807, 2.05) is 30.3 Å². The molecule has 1 aromatic rings. The Balaban J connectivity index is 2.28. The lowest BCUT2D eigenvalue weighted by molar-refractivity contribution is -0.117. The summed E-state index contributed by atoms with van der Waals surface area (Å²) in [6.45, 7) is 3.48. The molecule has 1 N–H and O–H groups in total. The van der Waals surface area contributed by atoms with Crippen molar-refractivity contribution in [3.8, 4) is 5.75 Å². The Labute approximate surface area is 77.0 Å². The van der Waals surface area contributed by atoms with E-state index in [0.29, 0.717) is 0 Å². The van der Waals surface area contributed by atoms with Crippen LogP contribution in [0.15, 0.2) is 43.0 Å². The first kappa shape index (κ1) is 9.32. The zero-order valence-corrected chi connectivity index (χ0v) is 7.19. The van der Waals surface area contributed by atoms with E-state index in [1.54, 1.807) is 0 Å². The van der Waals surface area contributed by atoms with Crippen LogP contribution in [0.5, 0.6) is 5.75 Å². The quantitative estimate of drug-likeness (QED) is 0.556. The van der Waals surface area contributed by atoms with Crippen molar-refractivity contribution in [3.05, 3.63) is 43.0 Å². The molecule has 0 bridgehead atoms. The summed E-state index contributed by atoms with van der Waals surface area (Å²) in [5, 5.41) is 2.50. The van der Waals surface area contributed by atoms with Crippen LogP contribution in [0.25, 0.3) is 0 Å². The number of carbonyl (C=O) groups is 1. The molecule has 0 saturated heterocycles. The Hall–Kier alpha value is -1.77. The first-order valence-electron chi connectivity index (χ1n) is 3.91. The van der Waals surface area contributed by atoms with Gasteiger partial charge in [0.1, 0.15) is 5.75 Å². The molecule has 0 spiro atoms. The second-order valence-electron chi connectivity index (χ2n) is 2.35. The number of benzene rings is 1. The molecule has 3 nitrogen and oxygen atoms in total. The van der Waals surface area contributed by atoms with E-state index < -0.39 is 0 Å². The van der Waals surface area contributed by atoms with Crippen LogP contribution in [0.4, 0.5) is 0 Å². The van der Waals surface area contributed by atoms with Gasteiger partial charge in [-0.1, -0.05) is 24.8 Å². The predicted octanol–water partition coefficient (Wildman–Crippen LogP) is 1.33. The van der Waals surface area contributed by atoms with Crippen molar-refractivity contribution in [2.75, 3.05) is 6.73 Å². The molecule has 0 atom stereocenters. The minimum absolute atomic E-state index is 0.162. The van der Waals surface area contributed by atoms with Gasteiger partial charge in [-0.3, -0.25) is 4.79 Å². The minimum Gasteiger partial charge on any atom is -0.473 e. The van der Waals surface area contributed by atoms with Crippen molar-refractivity contribution < 1.29 is 9.53 Å². The lowest BCUT2D eigenvalue weighted by Crippen LogP contribution is -2.25. The highest BCUT2D eigenvalue weighted by molar-refractivity contribution is 5.86. The maximum absolute atomic E-state index is 10.7. The first-order chi connectivity index (χ1) is 6.33. The molecule has 1 amide bonds. The molecule has 1 aromatic carbocycles. The fraction of sp³-hybridized carbons (Fsp3) is 0.100. The number of hydrogen-bond donors (Lipinski definition) is 1. The highest BCUT2D eigenvalue weighted by atomic mass is 16.5. The molecule has 0 aromatic heterocycles. The normalized spacial score (nSPS) is 8.92. The average Bonchev–Trinajstić information content (AvgIpc) is 2.19. The first-order valence-corrected chi connectivity index (χ1v) is 3.91. The Morgan fingerprint density at radius 2 is 2.15 bits per heavy atom. The fourth-order valence-corrected chi connectivity index (χ4v) is 0.779. The maximum atomic E-state index is 10.7. The molecule has 0 saturated carbocycles. The number of rotatable bonds is 4. The van der Waals surface area contributed by atoms with E-state index in [4.69, 9.17) is 4.74 Å². The summed E-state index contributed by atoms with van der Waals surface area (Å²) >= 11 is 0. The number of carbonyl (C=O) groups excluding carboxylic acids is 1. The summed E-state index contributed by atoms with van der Waals surface area (Å²) in [6, 6.07) is 9.27. The smallest absolute Gasteiger partial charge is 0.245 e. The van der Waals surface area contributed by atoms with Crippen LogP contribution < -0.4 is 10.1 Å². The van der Waals surface area contributed by atoms with Gasteiger partial charge < -0.3 is 10.1 Å². The molecule has 0 unspecified atom stereocenters. The summed E-state index contributed by atoms with van der Waals surface area (Å²) in [5.41, 5.74) is 0. The average molecular weight is 177 g/mol. The van der Waals surface area contributed by atoms with Gasteiger partial charge in [-0.25, -0.2) is 0 Å². The van der Waals surface area contributed by atoms with Gasteiger partial charge >= 0.3 is 0 Å². The Morgan fingerprint density at radius 3 is 2.77 bits per heavy atom. The summed E-state index contributed by atoms with van der Waals surface area (Å²) in [6.07, 6.45) is 1.20. The molecule has 1 rings (SSSR count). The minimum atomic E-state index is -0.240. The molecule has 3 heteroatoms. The monoisotopic (exact) mass is 177 g/mol. The molecule has 0 aliphatic rings.